The van der Waals surface area contributed by atoms with Gasteiger partial charge in [0.05, 0.1) is 11.6 Å². The van der Waals surface area contributed by atoms with Crippen molar-refractivity contribution in [1.82, 2.24) is 15.2 Å². The van der Waals surface area contributed by atoms with Gasteiger partial charge in [0.25, 0.3) is 0 Å². The first-order valence-corrected chi connectivity index (χ1v) is 12.2. The van der Waals surface area contributed by atoms with Crippen LogP contribution in [0.4, 0.5) is 10.5 Å². The van der Waals surface area contributed by atoms with Crippen molar-refractivity contribution in [2.75, 3.05) is 18.4 Å². The fourth-order valence-corrected chi connectivity index (χ4v) is 5.66. The second-order valence-corrected chi connectivity index (χ2v) is 10.2. The van der Waals surface area contributed by atoms with Crippen molar-refractivity contribution in [3.63, 3.8) is 0 Å². The van der Waals surface area contributed by atoms with Crippen LogP contribution in [0.15, 0.2) is 36.4 Å². The molecule has 2 unspecified atom stereocenters. The van der Waals surface area contributed by atoms with E-state index in [1.165, 1.54) is 5.56 Å². The molecule has 1 aromatic heterocycles. The molecule has 2 fully saturated rings. The van der Waals surface area contributed by atoms with Crippen molar-refractivity contribution in [2.24, 2.45) is 5.92 Å². The summed E-state index contributed by atoms with van der Waals surface area (Å²) in [6, 6.07) is 13.8. The minimum Gasteiger partial charge on any atom is -0.320 e. The van der Waals surface area contributed by atoms with Crippen LogP contribution in [0.5, 0.6) is 0 Å². The quantitative estimate of drug-likeness (QED) is 0.499. The predicted molar refractivity (Wildman–Crippen MR) is 132 cm³/mol. The SMILES string of the molecule is CC(C)NCCN(C(=O)Nc1cc(Cl)nc(Cl)c1)C1CC[C@]2(c3cccc(C#N)c3)CC2C1. The number of aromatic nitrogens is 1. The largest absolute Gasteiger partial charge is 0.322 e. The molecule has 6 nitrogen and oxygen atoms in total. The molecule has 3 atom stereocenters. The third-order valence-corrected chi connectivity index (χ3v) is 7.29. The van der Waals surface area contributed by atoms with E-state index < -0.39 is 0 Å². The molecule has 2 aromatic rings. The number of rotatable bonds is 7. The summed E-state index contributed by atoms with van der Waals surface area (Å²) in [4.78, 5) is 19.2. The van der Waals surface area contributed by atoms with Crippen LogP contribution in [0.1, 0.15) is 50.7 Å². The van der Waals surface area contributed by atoms with E-state index in [-0.39, 0.29) is 27.8 Å². The summed E-state index contributed by atoms with van der Waals surface area (Å²) in [6.07, 6.45) is 4.03. The maximum Gasteiger partial charge on any atom is 0.322 e. The van der Waals surface area contributed by atoms with E-state index in [4.69, 9.17) is 23.2 Å². The van der Waals surface area contributed by atoms with E-state index in [1.54, 1.807) is 12.1 Å². The third kappa shape index (κ3) is 5.43. The summed E-state index contributed by atoms with van der Waals surface area (Å²) >= 11 is 12.0. The number of nitrogens with one attached hydrogen (secondary N) is 2. The van der Waals surface area contributed by atoms with Crippen molar-refractivity contribution in [3.8, 4) is 6.07 Å². The number of hydrogen-bond acceptors (Lipinski definition) is 4. The number of pyridine rings is 1. The Balaban J connectivity index is 1.47. The van der Waals surface area contributed by atoms with Gasteiger partial charge in [0, 0.05) is 30.9 Å². The van der Waals surface area contributed by atoms with E-state index in [0.717, 1.165) is 32.2 Å². The van der Waals surface area contributed by atoms with E-state index in [2.05, 4.69) is 41.6 Å². The normalized spacial score (nSPS) is 23.5. The van der Waals surface area contributed by atoms with Gasteiger partial charge in [-0.15, -0.1) is 0 Å². The van der Waals surface area contributed by atoms with Gasteiger partial charge in [-0.1, -0.05) is 49.2 Å². The summed E-state index contributed by atoms with van der Waals surface area (Å²) in [7, 11) is 0. The molecule has 1 aromatic carbocycles. The highest BCUT2D eigenvalue weighted by atomic mass is 35.5. The van der Waals surface area contributed by atoms with Crippen LogP contribution in [0.25, 0.3) is 0 Å². The molecule has 0 bridgehead atoms. The van der Waals surface area contributed by atoms with Crippen molar-refractivity contribution in [1.29, 1.82) is 5.26 Å². The Labute approximate surface area is 205 Å². The van der Waals surface area contributed by atoms with Gasteiger partial charge < -0.3 is 15.5 Å². The minimum absolute atomic E-state index is 0.150. The van der Waals surface area contributed by atoms with E-state index in [9.17, 15) is 10.1 Å². The van der Waals surface area contributed by atoms with E-state index in [0.29, 0.717) is 29.8 Å². The minimum atomic E-state index is -0.150. The number of fused-ring (bicyclic) bond motifs is 1. The molecule has 2 N–H and O–H groups in total. The summed E-state index contributed by atoms with van der Waals surface area (Å²) in [5.41, 5.74) is 2.68. The number of urea groups is 1. The first-order chi connectivity index (χ1) is 15.8. The summed E-state index contributed by atoms with van der Waals surface area (Å²) in [5, 5.41) is 16.1. The highest BCUT2D eigenvalue weighted by Crippen LogP contribution is 2.62. The molecular formula is C25H29Cl2N5O. The molecule has 1 heterocycles. The highest BCUT2D eigenvalue weighted by molar-refractivity contribution is 6.32. The topological polar surface area (TPSA) is 81.1 Å². The fourth-order valence-electron chi connectivity index (χ4n) is 5.20. The van der Waals surface area contributed by atoms with Gasteiger partial charge in [-0.05, 0) is 66.8 Å². The number of hydrogen-bond donors (Lipinski definition) is 2. The summed E-state index contributed by atoms with van der Waals surface area (Å²) < 4.78 is 0. The number of carbonyl (C=O) groups is 1. The molecule has 0 radical (unpaired) electrons. The lowest BCUT2D eigenvalue weighted by Gasteiger charge is -2.37. The molecule has 8 heteroatoms. The number of benzene rings is 1. The Kier molecular flexibility index (Phi) is 7.13. The lowest BCUT2D eigenvalue weighted by Crippen LogP contribution is -2.48. The molecule has 33 heavy (non-hydrogen) atoms. The molecule has 0 spiro atoms. The zero-order chi connectivity index (χ0) is 23.6. The van der Waals surface area contributed by atoms with Crippen LogP contribution in [0, 0.1) is 17.2 Å². The number of anilines is 1. The molecule has 174 valence electrons. The van der Waals surface area contributed by atoms with Crippen molar-refractivity contribution in [2.45, 2.75) is 57.0 Å². The third-order valence-electron chi connectivity index (χ3n) is 6.90. The lowest BCUT2D eigenvalue weighted by molar-refractivity contribution is 0.160. The number of halogens is 2. The molecule has 0 saturated heterocycles. The maximum absolute atomic E-state index is 13.3. The second kappa shape index (κ2) is 9.89. The van der Waals surface area contributed by atoms with Crippen LogP contribution < -0.4 is 10.6 Å². The number of carbonyl (C=O) groups excluding carboxylic acids is 1. The average Bonchev–Trinajstić information content (AvgIpc) is 3.51. The van der Waals surface area contributed by atoms with Gasteiger partial charge in [0.15, 0.2) is 0 Å². The van der Waals surface area contributed by atoms with Crippen LogP contribution >= 0.6 is 23.2 Å². The highest BCUT2D eigenvalue weighted by Gasteiger charge is 2.58. The summed E-state index contributed by atoms with van der Waals surface area (Å²) in [6.45, 7) is 5.53. The molecule has 4 rings (SSSR count). The lowest BCUT2D eigenvalue weighted by atomic mass is 9.80. The Morgan fingerprint density at radius 3 is 2.73 bits per heavy atom. The number of nitrogens with zero attached hydrogens (tertiary/aromatic N) is 3. The summed E-state index contributed by atoms with van der Waals surface area (Å²) in [5.74, 6) is 0.531. The molecule has 2 aliphatic carbocycles. The monoisotopic (exact) mass is 485 g/mol. The average molecular weight is 486 g/mol. The zero-order valence-electron chi connectivity index (χ0n) is 18.9. The Hall–Kier alpha value is -2.33. The van der Waals surface area contributed by atoms with Gasteiger partial charge in [-0.3, -0.25) is 0 Å². The van der Waals surface area contributed by atoms with Crippen LogP contribution in [-0.2, 0) is 5.41 Å². The van der Waals surface area contributed by atoms with Crippen molar-refractivity contribution >= 4 is 34.9 Å². The first kappa shape index (κ1) is 23.8. The van der Waals surface area contributed by atoms with Crippen molar-refractivity contribution < 1.29 is 4.79 Å². The zero-order valence-corrected chi connectivity index (χ0v) is 20.5. The van der Waals surface area contributed by atoms with E-state index in [1.807, 2.05) is 23.1 Å². The van der Waals surface area contributed by atoms with Gasteiger partial charge >= 0.3 is 6.03 Å². The second-order valence-electron chi connectivity index (χ2n) is 9.41. The molecule has 2 aliphatic rings. The van der Waals surface area contributed by atoms with Crippen LogP contribution in [-0.4, -0.2) is 41.1 Å². The predicted octanol–water partition coefficient (Wildman–Crippen LogP) is 5.60. The Morgan fingerprint density at radius 1 is 1.30 bits per heavy atom. The van der Waals surface area contributed by atoms with Gasteiger partial charge in [-0.2, -0.15) is 5.26 Å². The molecule has 2 saturated carbocycles. The smallest absolute Gasteiger partial charge is 0.320 e. The van der Waals surface area contributed by atoms with Gasteiger partial charge in [-0.25, -0.2) is 9.78 Å². The molecular weight excluding hydrogens is 457 g/mol. The molecule has 2 amide bonds. The van der Waals surface area contributed by atoms with Crippen LogP contribution in [0.2, 0.25) is 10.3 Å². The standard InChI is InChI=1S/C25H29Cl2N5O/c1-16(2)29-8-9-32(24(33)30-20-12-22(26)31-23(27)13-20)21-6-7-25(14-19(25)11-21)18-5-3-4-17(10-18)15-28/h3-5,10,12-13,16,19,21,29H,6-9,11,14H2,1-2H3,(H,30,31,33)/t19?,21?,25-/m1/s1. The fraction of sp³-hybridized carbons (Fsp3) is 0.480. The van der Waals surface area contributed by atoms with Gasteiger partial charge in [0.1, 0.15) is 10.3 Å². The Bertz CT molecular complexity index is 1050. The maximum atomic E-state index is 13.3. The first-order valence-electron chi connectivity index (χ1n) is 11.5. The Morgan fingerprint density at radius 2 is 2.06 bits per heavy atom. The van der Waals surface area contributed by atoms with Crippen LogP contribution in [0.3, 0.4) is 0 Å². The number of nitriles is 1. The number of amides is 2. The van der Waals surface area contributed by atoms with Crippen molar-refractivity contribution in [3.05, 3.63) is 57.8 Å². The molecule has 0 aliphatic heterocycles. The van der Waals surface area contributed by atoms with E-state index >= 15 is 0 Å². The van der Waals surface area contributed by atoms with Gasteiger partial charge in [0.2, 0.25) is 0 Å².